The Hall–Kier alpha value is -0.330. The van der Waals surface area contributed by atoms with E-state index in [1.54, 1.807) is 0 Å². The molecule has 0 radical (unpaired) electrons. The van der Waals surface area contributed by atoms with Crippen LogP contribution in [0.5, 0.6) is 0 Å². The van der Waals surface area contributed by atoms with E-state index in [1.807, 2.05) is 0 Å². The smallest absolute Gasteiger partial charge is 0.316 e. The molecule has 1 atom stereocenters. The predicted octanol–water partition coefficient (Wildman–Crippen LogP) is 3.06. The van der Waals surface area contributed by atoms with Gasteiger partial charge in [0.15, 0.2) is 0 Å². The van der Waals surface area contributed by atoms with Gasteiger partial charge in [0, 0.05) is 11.8 Å². The Balaban J connectivity index is 3.12. The Morgan fingerprint density at radius 3 is 2.57 bits per heavy atom. The first-order valence-corrected chi connectivity index (χ1v) is 4.62. The minimum Gasteiger partial charge on any atom is -0.316 e. The summed E-state index contributed by atoms with van der Waals surface area (Å²) in [6.07, 6.45) is -3.27. The van der Waals surface area contributed by atoms with Crippen LogP contribution >= 0.6 is 27.5 Å². The van der Waals surface area contributed by atoms with Crippen LogP contribution in [0.25, 0.3) is 0 Å². The minimum absolute atomic E-state index is 0.0479. The number of hydrogen-bond acceptors (Lipinski definition) is 2. The second kappa shape index (κ2) is 4.04. The first kappa shape index (κ1) is 11.7. The van der Waals surface area contributed by atoms with Gasteiger partial charge in [-0.3, -0.25) is 0 Å². The van der Waals surface area contributed by atoms with Crippen molar-refractivity contribution in [1.82, 2.24) is 4.98 Å². The SMILES string of the molecule is N[C@H](c1cc(Cl)cnc1Br)C(F)(F)F. The van der Waals surface area contributed by atoms with Crippen molar-refractivity contribution in [3.05, 3.63) is 27.5 Å². The van der Waals surface area contributed by atoms with Gasteiger partial charge in [-0.15, -0.1) is 0 Å². The minimum atomic E-state index is -4.51. The van der Waals surface area contributed by atoms with E-state index in [9.17, 15) is 13.2 Å². The number of nitrogens with two attached hydrogens (primary N) is 1. The fourth-order valence-electron chi connectivity index (χ4n) is 0.833. The quantitative estimate of drug-likeness (QED) is 0.807. The van der Waals surface area contributed by atoms with Crippen LogP contribution in [-0.4, -0.2) is 11.2 Å². The molecule has 0 saturated carbocycles. The highest BCUT2D eigenvalue weighted by atomic mass is 79.9. The van der Waals surface area contributed by atoms with Gasteiger partial charge in [-0.25, -0.2) is 4.98 Å². The normalized spacial score (nSPS) is 14.1. The van der Waals surface area contributed by atoms with E-state index < -0.39 is 12.2 Å². The van der Waals surface area contributed by atoms with Crippen LogP contribution in [0.1, 0.15) is 11.6 Å². The number of nitrogens with zero attached hydrogens (tertiary/aromatic N) is 1. The fourth-order valence-corrected chi connectivity index (χ4v) is 1.46. The van der Waals surface area contributed by atoms with E-state index in [2.05, 4.69) is 20.9 Å². The van der Waals surface area contributed by atoms with Gasteiger partial charge in [0.05, 0.1) is 5.02 Å². The maximum atomic E-state index is 12.2. The second-order valence-corrected chi connectivity index (χ2v) is 3.74. The van der Waals surface area contributed by atoms with Crippen LogP contribution in [0.15, 0.2) is 16.9 Å². The molecule has 0 aliphatic rings. The molecule has 0 aliphatic heterocycles. The molecule has 0 fully saturated rings. The third kappa shape index (κ3) is 2.59. The average Bonchev–Trinajstić information content (AvgIpc) is 2.06. The number of halogens is 5. The van der Waals surface area contributed by atoms with E-state index in [0.29, 0.717) is 0 Å². The maximum Gasteiger partial charge on any atom is 0.407 e. The largest absolute Gasteiger partial charge is 0.407 e. The van der Waals surface area contributed by atoms with Crippen molar-refractivity contribution in [2.24, 2.45) is 5.73 Å². The van der Waals surface area contributed by atoms with Crippen LogP contribution < -0.4 is 5.73 Å². The van der Waals surface area contributed by atoms with Gasteiger partial charge in [-0.05, 0) is 22.0 Å². The van der Waals surface area contributed by atoms with Crippen molar-refractivity contribution in [2.45, 2.75) is 12.2 Å². The summed E-state index contributed by atoms with van der Waals surface area (Å²) in [5, 5.41) is 0.114. The van der Waals surface area contributed by atoms with E-state index in [1.165, 1.54) is 6.20 Å². The predicted molar refractivity (Wildman–Crippen MR) is 49.9 cm³/mol. The third-order valence-corrected chi connectivity index (χ3v) is 2.39. The summed E-state index contributed by atoms with van der Waals surface area (Å²) in [6, 6.07) is -0.945. The molecule has 2 nitrogen and oxygen atoms in total. The summed E-state index contributed by atoms with van der Waals surface area (Å²) in [7, 11) is 0. The lowest BCUT2D eigenvalue weighted by molar-refractivity contribution is -0.149. The zero-order chi connectivity index (χ0) is 10.9. The van der Waals surface area contributed by atoms with E-state index >= 15 is 0 Å². The molecule has 0 bridgehead atoms. The van der Waals surface area contributed by atoms with Crippen molar-refractivity contribution < 1.29 is 13.2 Å². The number of hydrogen-bond donors (Lipinski definition) is 1. The van der Waals surface area contributed by atoms with E-state index in [-0.39, 0.29) is 15.2 Å². The summed E-state index contributed by atoms with van der Waals surface area (Å²) in [6.45, 7) is 0. The van der Waals surface area contributed by atoms with E-state index in [0.717, 1.165) is 6.07 Å². The highest BCUT2D eigenvalue weighted by Gasteiger charge is 2.39. The van der Waals surface area contributed by atoms with Crippen LogP contribution in [0.4, 0.5) is 13.2 Å². The maximum absolute atomic E-state index is 12.2. The van der Waals surface area contributed by atoms with Gasteiger partial charge in [0.1, 0.15) is 10.6 Å². The fraction of sp³-hybridized carbons (Fsp3) is 0.286. The molecule has 1 rings (SSSR count). The number of alkyl halides is 3. The van der Waals surface area contributed by atoms with Gasteiger partial charge >= 0.3 is 6.18 Å². The van der Waals surface area contributed by atoms with Crippen LogP contribution in [-0.2, 0) is 0 Å². The molecule has 0 aliphatic carbocycles. The van der Waals surface area contributed by atoms with Gasteiger partial charge in [-0.1, -0.05) is 11.6 Å². The molecule has 0 aromatic carbocycles. The van der Waals surface area contributed by atoms with Gasteiger partial charge in [-0.2, -0.15) is 13.2 Å². The Morgan fingerprint density at radius 2 is 2.07 bits per heavy atom. The molecule has 0 amide bonds. The topological polar surface area (TPSA) is 38.9 Å². The molecule has 78 valence electrons. The number of rotatable bonds is 1. The number of aromatic nitrogens is 1. The van der Waals surface area contributed by atoms with Crippen LogP contribution in [0.3, 0.4) is 0 Å². The Bertz CT molecular complexity index is 342. The highest BCUT2D eigenvalue weighted by Crippen LogP contribution is 2.34. The highest BCUT2D eigenvalue weighted by molar-refractivity contribution is 9.10. The van der Waals surface area contributed by atoms with Gasteiger partial charge < -0.3 is 5.73 Å². The monoisotopic (exact) mass is 288 g/mol. The Kier molecular flexibility index (Phi) is 3.39. The van der Waals surface area contributed by atoms with Crippen LogP contribution in [0, 0.1) is 0 Å². The Labute approximate surface area is 91.4 Å². The first-order valence-electron chi connectivity index (χ1n) is 3.45. The Morgan fingerprint density at radius 1 is 1.50 bits per heavy atom. The molecule has 1 aromatic rings. The molecule has 0 saturated heterocycles. The summed E-state index contributed by atoms with van der Waals surface area (Å²) in [4.78, 5) is 3.62. The van der Waals surface area contributed by atoms with Crippen molar-refractivity contribution in [3.63, 3.8) is 0 Å². The third-order valence-electron chi connectivity index (χ3n) is 1.52. The first-order chi connectivity index (χ1) is 6.32. The lowest BCUT2D eigenvalue weighted by Gasteiger charge is -2.16. The van der Waals surface area contributed by atoms with Crippen molar-refractivity contribution in [2.75, 3.05) is 0 Å². The lowest BCUT2D eigenvalue weighted by Crippen LogP contribution is -2.28. The summed E-state index contributed by atoms with van der Waals surface area (Å²) in [5.74, 6) is 0. The molecule has 0 spiro atoms. The molecular formula is C7H5BrClF3N2. The summed E-state index contributed by atoms with van der Waals surface area (Å²) in [5.41, 5.74) is 4.81. The second-order valence-electron chi connectivity index (χ2n) is 2.55. The van der Waals surface area contributed by atoms with Gasteiger partial charge in [0.25, 0.3) is 0 Å². The standard InChI is InChI=1S/C7H5BrClF3N2/c8-6-4(1-3(9)2-14-6)5(13)7(10,11)12/h1-2,5H,13H2/t5-/m1/s1. The number of pyridine rings is 1. The molecule has 1 heterocycles. The molecule has 14 heavy (non-hydrogen) atoms. The lowest BCUT2D eigenvalue weighted by atomic mass is 10.1. The molecule has 7 heteroatoms. The molecule has 2 N–H and O–H groups in total. The van der Waals surface area contributed by atoms with E-state index in [4.69, 9.17) is 17.3 Å². The van der Waals surface area contributed by atoms with Crippen molar-refractivity contribution in [1.29, 1.82) is 0 Å². The van der Waals surface area contributed by atoms with Gasteiger partial charge in [0.2, 0.25) is 0 Å². The van der Waals surface area contributed by atoms with Crippen molar-refractivity contribution >= 4 is 27.5 Å². The van der Waals surface area contributed by atoms with Crippen molar-refractivity contribution in [3.8, 4) is 0 Å². The average molecular weight is 289 g/mol. The molecule has 1 aromatic heterocycles. The zero-order valence-electron chi connectivity index (χ0n) is 6.65. The molecule has 0 unspecified atom stereocenters. The zero-order valence-corrected chi connectivity index (χ0v) is 8.99. The molecular weight excluding hydrogens is 284 g/mol. The summed E-state index contributed by atoms with van der Waals surface area (Å²) < 4.78 is 36.7. The summed E-state index contributed by atoms with van der Waals surface area (Å²) >= 11 is 8.38. The van der Waals surface area contributed by atoms with Crippen LogP contribution in [0.2, 0.25) is 5.02 Å².